The van der Waals surface area contributed by atoms with Gasteiger partial charge in [0.25, 0.3) is 0 Å². The van der Waals surface area contributed by atoms with Crippen LogP contribution in [0.4, 0.5) is 3.89 Å². The fourth-order valence-corrected chi connectivity index (χ4v) is 1.73. The summed E-state index contributed by atoms with van der Waals surface area (Å²) in [5.41, 5.74) is 0. The third kappa shape index (κ3) is 2.19. The van der Waals surface area contributed by atoms with E-state index in [-0.39, 0.29) is 11.5 Å². The molecule has 0 saturated carbocycles. The van der Waals surface area contributed by atoms with Crippen LogP contribution in [0.5, 0.6) is 17.2 Å². The van der Waals surface area contributed by atoms with E-state index in [1.165, 1.54) is 12.1 Å². The molecule has 0 radical (unpaired) electrons. The minimum atomic E-state index is -5.07. The zero-order valence-corrected chi connectivity index (χ0v) is 9.38. The Balaban J connectivity index is 2.41. The van der Waals surface area contributed by atoms with Crippen molar-refractivity contribution in [3.05, 3.63) is 18.2 Å². The topological polar surface area (TPSA) is 61.8 Å². The molecule has 1 heterocycles. The van der Waals surface area contributed by atoms with Crippen LogP contribution in [0.3, 0.4) is 0 Å². The molecule has 5 nitrogen and oxygen atoms in total. The van der Waals surface area contributed by atoms with Gasteiger partial charge in [-0.3, -0.25) is 0 Å². The van der Waals surface area contributed by atoms with Crippen molar-refractivity contribution in [2.24, 2.45) is 0 Å². The van der Waals surface area contributed by atoms with Crippen LogP contribution in [-0.2, 0) is 10.5 Å². The van der Waals surface area contributed by atoms with Gasteiger partial charge in [0.2, 0.25) is 11.5 Å². The van der Waals surface area contributed by atoms with Gasteiger partial charge in [0, 0.05) is 13.8 Å². The van der Waals surface area contributed by atoms with Gasteiger partial charge in [-0.1, -0.05) is 9.95 Å². The molecule has 0 amide bonds. The van der Waals surface area contributed by atoms with Crippen molar-refractivity contribution in [2.45, 2.75) is 19.6 Å². The van der Waals surface area contributed by atoms with Crippen LogP contribution in [0.25, 0.3) is 0 Å². The summed E-state index contributed by atoms with van der Waals surface area (Å²) in [7, 11) is -5.07. The van der Waals surface area contributed by atoms with Crippen molar-refractivity contribution < 1.29 is 26.0 Å². The molecule has 0 bridgehead atoms. The van der Waals surface area contributed by atoms with E-state index in [2.05, 4.69) is 4.18 Å². The second-order valence-corrected chi connectivity index (χ2v) is 4.62. The lowest BCUT2D eigenvalue weighted by molar-refractivity contribution is -0.0437. The number of para-hydroxylation sites is 1. The molecule has 16 heavy (non-hydrogen) atoms. The van der Waals surface area contributed by atoms with Gasteiger partial charge in [-0.15, -0.1) is 0 Å². The van der Waals surface area contributed by atoms with Crippen LogP contribution in [0.2, 0.25) is 0 Å². The quantitative estimate of drug-likeness (QED) is 0.746. The summed E-state index contributed by atoms with van der Waals surface area (Å²) in [6, 6.07) is 4.33. The molecule has 0 atom stereocenters. The highest BCUT2D eigenvalue weighted by Gasteiger charge is 2.35. The molecule has 0 aliphatic carbocycles. The Hall–Kier alpha value is -1.50. The normalized spacial score (nSPS) is 17.2. The Bertz CT molecular complexity index is 523. The van der Waals surface area contributed by atoms with E-state index < -0.39 is 16.3 Å². The van der Waals surface area contributed by atoms with E-state index in [9.17, 15) is 12.3 Å². The molecular formula is C9H9FO5S. The maximum absolute atomic E-state index is 12.4. The Kier molecular flexibility index (Phi) is 2.23. The van der Waals surface area contributed by atoms with Crippen molar-refractivity contribution in [3.63, 3.8) is 0 Å². The summed E-state index contributed by atoms with van der Waals surface area (Å²) in [6.45, 7) is 3.28. The molecule has 88 valence electrons. The number of fused-ring (bicyclic) bond motifs is 1. The number of ether oxygens (including phenoxy) is 2. The fourth-order valence-electron chi connectivity index (χ4n) is 1.38. The average Bonchev–Trinajstić information content (AvgIpc) is 2.37. The summed E-state index contributed by atoms with van der Waals surface area (Å²) in [5, 5.41) is 0. The Labute approximate surface area is 92.2 Å². The molecule has 2 rings (SSSR count). The molecule has 0 saturated heterocycles. The highest BCUT2D eigenvalue weighted by atomic mass is 32.3. The number of benzene rings is 1. The van der Waals surface area contributed by atoms with E-state index in [1.54, 1.807) is 19.9 Å². The number of hydrogen-bond acceptors (Lipinski definition) is 5. The highest BCUT2D eigenvalue weighted by molar-refractivity contribution is 7.81. The van der Waals surface area contributed by atoms with Gasteiger partial charge in [0.05, 0.1) is 0 Å². The van der Waals surface area contributed by atoms with Gasteiger partial charge >= 0.3 is 10.5 Å². The Morgan fingerprint density at radius 1 is 1.31 bits per heavy atom. The van der Waals surface area contributed by atoms with Crippen LogP contribution in [0.15, 0.2) is 18.2 Å². The largest absolute Gasteiger partial charge is 0.488 e. The Morgan fingerprint density at radius 3 is 2.62 bits per heavy atom. The third-order valence-corrected chi connectivity index (χ3v) is 2.21. The highest BCUT2D eigenvalue weighted by Crippen LogP contribution is 2.46. The van der Waals surface area contributed by atoms with Crippen molar-refractivity contribution >= 4 is 10.5 Å². The molecule has 0 N–H and O–H groups in total. The molecule has 1 aromatic carbocycles. The second-order valence-electron chi connectivity index (χ2n) is 3.66. The second kappa shape index (κ2) is 3.24. The summed E-state index contributed by atoms with van der Waals surface area (Å²) < 4.78 is 47.9. The van der Waals surface area contributed by atoms with E-state index in [1.807, 2.05) is 0 Å². The molecular weight excluding hydrogens is 239 g/mol. The monoisotopic (exact) mass is 248 g/mol. The average molecular weight is 248 g/mol. The zero-order valence-electron chi connectivity index (χ0n) is 8.56. The number of rotatable bonds is 2. The van der Waals surface area contributed by atoms with Gasteiger partial charge in [0.15, 0.2) is 11.5 Å². The van der Waals surface area contributed by atoms with Gasteiger partial charge < -0.3 is 13.7 Å². The molecule has 1 aliphatic rings. The summed E-state index contributed by atoms with van der Waals surface area (Å²) in [6.07, 6.45) is 0. The fraction of sp³-hybridized carbons (Fsp3) is 0.333. The third-order valence-electron chi connectivity index (χ3n) is 1.84. The summed E-state index contributed by atoms with van der Waals surface area (Å²) >= 11 is 0. The smallest absolute Gasteiger partial charge is 0.449 e. The van der Waals surface area contributed by atoms with E-state index in [0.29, 0.717) is 5.75 Å². The first kappa shape index (κ1) is 11.0. The predicted octanol–water partition coefficient (Wildman–Crippen LogP) is 1.79. The molecule has 0 fully saturated rings. The van der Waals surface area contributed by atoms with Crippen LogP contribution in [-0.4, -0.2) is 14.2 Å². The van der Waals surface area contributed by atoms with Crippen LogP contribution in [0, 0.1) is 0 Å². The van der Waals surface area contributed by atoms with Crippen molar-refractivity contribution in [2.75, 3.05) is 0 Å². The lowest BCUT2D eigenvalue weighted by Crippen LogP contribution is -2.29. The van der Waals surface area contributed by atoms with Crippen molar-refractivity contribution in [1.29, 1.82) is 0 Å². The SMILES string of the molecule is CC1(C)Oc2cccc(OS(=O)(=O)F)c2O1. The first-order valence-electron chi connectivity index (χ1n) is 4.42. The predicted molar refractivity (Wildman–Crippen MR) is 52.4 cm³/mol. The van der Waals surface area contributed by atoms with Gasteiger partial charge in [-0.2, -0.15) is 8.42 Å². The first-order valence-corrected chi connectivity index (χ1v) is 5.73. The maximum Gasteiger partial charge on any atom is 0.488 e. The van der Waals surface area contributed by atoms with E-state index in [0.717, 1.165) is 0 Å². The summed E-state index contributed by atoms with van der Waals surface area (Å²) in [5.74, 6) is -0.771. The molecule has 0 spiro atoms. The standard InChI is InChI=1S/C9H9FO5S/c1-9(2)13-6-4-3-5-7(8(6)14-9)15-16(10,11)12/h3-5H,1-2H3. The van der Waals surface area contributed by atoms with E-state index in [4.69, 9.17) is 9.47 Å². The zero-order chi connectivity index (χ0) is 12.0. The lowest BCUT2D eigenvalue weighted by atomic mass is 10.3. The molecule has 1 aromatic rings. The van der Waals surface area contributed by atoms with Gasteiger partial charge in [-0.05, 0) is 12.1 Å². The molecule has 1 aliphatic heterocycles. The van der Waals surface area contributed by atoms with Gasteiger partial charge in [-0.25, -0.2) is 0 Å². The van der Waals surface area contributed by atoms with Crippen molar-refractivity contribution in [3.8, 4) is 17.2 Å². The lowest BCUT2D eigenvalue weighted by Gasteiger charge is -2.16. The van der Waals surface area contributed by atoms with Crippen LogP contribution in [0.1, 0.15) is 13.8 Å². The number of halogens is 1. The van der Waals surface area contributed by atoms with Crippen LogP contribution >= 0.6 is 0 Å². The maximum atomic E-state index is 12.4. The van der Waals surface area contributed by atoms with E-state index >= 15 is 0 Å². The minimum Gasteiger partial charge on any atom is -0.449 e. The van der Waals surface area contributed by atoms with Gasteiger partial charge in [0.1, 0.15) is 0 Å². The minimum absolute atomic E-state index is 0.0775. The molecule has 0 aromatic heterocycles. The molecule has 7 heteroatoms. The summed E-state index contributed by atoms with van der Waals surface area (Å²) in [4.78, 5) is 0. The first-order chi connectivity index (χ1) is 7.27. The number of hydrogen-bond donors (Lipinski definition) is 0. The Morgan fingerprint density at radius 2 is 2.00 bits per heavy atom. The van der Waals surface area contributed by atoms with Crippen LogP contribution < -0.4 is 13.7 Å². The molecule has 0 unspecified atom stereocenters. The van der Waals surface area contributed by atoms with Crippen molar-refractivity contribution in [1.82, 2.24) is 0 Å².